The second-order valence-corrected chi connectivity index (χ2v) is 6.14. The molecule has 0 saturated carbocycles. The van der Waals surface area contributed by atoms with E-state index in [1.54, 1.807) is 18.5 Å². The maximum atomic E-state index is 4.75. The number of hydrogen-bond donors (Lipinski definition) is 0. The highest BCUT2D eigenvalue weighted by Crippen LogP contribution is 2.31. The minimum Gasteiger partial charge on any atom is -0.234 e. The van der Waals surface area contributed by atoms with Crippen molar-refractivity contribution in [1.82, 2.24) is 19.9 Å². The summed E-state index contributed by atoms with van der Waals surface area (Å²) in [6, 6.07) is 12.0. The minimum absolute atomic E-state index is 0.0996. The van der Waals surface area contributed by atoms with E-state index in [2.05, 4.69) is 47.9 Å². The van der Waals surface area contributed by atoms with Crippen LogP contribution in [0.2, 0.25) is 0 Å². The van der Waals surface area contributed by atoms with Crippen LogP contribution in [0.4, 0.5) is 0 Å². The van der Waals surface area contributed by atoms with Gasteiger partial charge in [0.25, 0.3) is 0 Å². The highest BCUT2D eigenvalue weighted by Gasteiger charge is 2.22. The molecule has 0 unspecified atom stereocenters. The van der Waals surface area contributed by atoms with Crippen molar-refractivity contribution >= 4 is 0 Å². The topological polar surface area (TPSA) is 51.6 Å². The van der Waals surface area contributed by atoms with Crippen LogP contribution in [-0.2, 0) is 5.41 Å². The third-order valence-corrected chi connectivity index (χ3v) is 3.35. The Morgan fingerprint density at radius 3 is 2.09 bits per heavy atom. The number of benzene rings is 1. The Hall–Kier alpha value is -2.62. The van der Waals surface area contributed by atoms with Crippen molar-refractivity contribution in [2.24, 2.45) is 0 Å². The van der Waals surface area contributed by atoms with Crippen molar-refractivity contribution in [3.63, 3.8) is 0 Å². The third kappa shape index (κ3) is 2.86. The molecule has 0 fully saturated rings. The molecule has 110 valence electrons. The first-order valence-corrected chi connectivity index (χ1v) is 7.26. The second kappa shape index (κ2) is 5.64. The standard InChI is InChI=1S/C18H18N4/c1-18(2,3)15-14(13-8-5-4-6-9-13)12-21-17(22-15)16-19-10-7-11-20-16/h4-12H,1-3H3. The number of hydrogen-bond acceptors (Lipinski definition) is 4. The van der Waals surface area contributed by atoms with E-state index < -0.39 is 0 Å². The summed E-state index contributed by atoms with van der Waals surface area (Å²) in [5.41, 5.74) is 3.06. The molecular weight excluding hydrogens is 272 g/mol. The Morgan fingerprint density at radius 1 is 0.773 bits per heavy atom. The van der Waals surface area contributed by atoms with Crippen LogP contribution in [0.3, 0.4) is 0 Å². The van der Waals surface area contributed by atoms with Crippen LogP contribution in [0.5, 0.6) is 0 Å². The third-order valence-electron chi connectivity index (χ3n) is 3.35. The van der Waals surface area contributed by atoms with Crippen LogP contribution in [0, 0.1) is 0 Å². The maximum absolute atomic E-state index is 4.75. The highest BCUT2D eigenvalue weighted by atomic mass is 15.0. The van der Waals surface area contributed by atoms with E-state index in [-0.39, 0.29) is 5.41 Å². The number of nitrogens with zero attached hydrogens (tertiary/aromatic N) is 4. The van der Waals surface area contributed by atoms with E-state index in [0.717, 1.165) is 16.8 Å². The fraction of sp³-hybridized carbons (Fsp3) is 0.222. The molecule has 2 heterocycles. The molecule has 0 aliphatic rings. The summed E-state index contributed by atoms with van der Waals surface area (Å²) in [6.45, 7) is 6.45. The van der Waals surface area contributed by atoms with Crippen LogP contribution in [0.15, 0.2) is 55.0 Å². The second-order valence-electron chi connectivity index (χ2n) is 6.14. The van der Waals surface area contributed by atoms with E-state index >= 15 is 0 Å². The van der Waals surface area contributed by atoms with Crippen molar-refractivity contribution in [1.29, 1.82) is 0 Å². The fourth-order valence-electron chi connectivity index (χ4n) is 2.30. The lowest BCUT2D eigenvalue weighted by Crippen LogP contribution is -2.16. The minimum atomic E-state index is -0.0996. The summed E-state index contributed by atoms with van der Waals surface area (Å²) in [7, 11) is 0. The zero-order chi connectivity index (χ0) is 15.6. The average molecular weight is 290 g/mol. The van der Waals surface area contributed by atoms with Gasteiger partial charge in [-0.05, 0) is 11.6 Å². The molecule has 3 rings (SSSR count). The monoisotopic (exact) mass is 290 g/mol. The van der Waals surface area contributed by atoms with Gasteiger partial charge >= 0.3 is 0 Å². The van der Waals surface area contributed by atoms with Gasteiger partial charge in [0, 0.05) is 29.6 Å². The van der Waals surface area contributed by atoms with Crippen LogP contribution >= 0.6 is 0 Å². The largest absolute Gasteiger partial charge is 0.234 e. The molecule has 0 aliphatic carbocycles. The van der Waals surface area contributed by atoms with Gasteiger partial charge in [0.2, 0.25) is 0 Å². The molecule has 0 aliphatic heterocycles. The van der Waals surface area contributed by atoms with E-state index in [0.29, 0.717) is 11.6 Å². The Labute approximate surface area is 130 Å². The summed E-state index contributed by atoms with van der Waals surface area (Å²) in [6.07, 6.45) is 5.27. The lowest BCUT2D eigenvalue weighted by Gasteiger charge is -2.22. The Bertz CT molecular complexity index is 762. The van der Waals surface area contributed by atoms with Crippen molar-refractivity contribution < 1.29 is 0 Å². The summed E-state index contributed by atoms with van der Waals surface area (Å²) in [5.74, 6) is 1.11. The quantitative estimate of drug-likeness (QED) is 0.718. The summed E-state index contributed by atoms with van der Waals surface area (Å²) in [4.78, 5) is 17.7. The zero-order valence-corrected chi connectivity index (χ0v) is 13.0. The molecule has 0 amide bonds. The molecule has 1 aromatic carbocycles. The van der Waals surface area contributed by atoms with Crippen LogP contribution in [0.25, 0.3) is 22.8 Å². The van der Waals surface area contributed by atoms with Crippen molar-refractivity contribution in [3.05, 3.63) is 60.7 Å². The van der Waals surface area contributed by atoms with Gasteiger partial charge in [-0.25, -0.2) is 19.9 Å². The normalized spacial score (nSPS) is 11.4. The molecule has 0 N–H and O–H groups in total. The van der Waals surface area contributed by atoms with Crippen molar-refractivity contribution in [3.8, 4) is 22.8 Å². The molecule has 2 aromatic heterocycles. The Kier molecular flexibility index (Phi) is 3.67. The fourth-order valence-corrected chi connectivity index (χ4v) is 2.30. The van der Waals surface area contributed by atoms with E-state index in [1.807, 2.05) is 24.4 Å². The van der Waals surface area contributed by atoms with Crippen LogP contribution in [-0.4, -0.2) is 19.9 Å². The predicted octanol–water partition coefficient (Wildman–Crippen LogP) is 3.90. The van der Waals surface area contributed by atoms with Gasteiger partial charge in [0.1, 0.15) is 0 Å². The predicted molar refractivity (Wildman–Crippen MR) is 87.2 cm³/mol. The van der Waals surface area contributed by atoms with E-state index in [4.69, 9.17) is 4.98 Å². The molecule has 0 bridgehead atoms. The smallest absolute Gasteiger partial charge is 0.197 e. The first kappa shape index (κ1) is 14.3. The summed E-state index contributed by atoms with van der Waals surface area (Å²) >= 11 is 0. The van der Waals surface area contributed by atoms with Crippen molar-refractivity contribution in [2.45, 2.75) is 26.2 Å². The molecule has 3 aromatic rings. The molecule has 22 heavy (non-hydrogen) atoms. The molecule has 0 radical (unpaired) electrons. The SMILES string of the molecule is CC(C)(C)c1nc(-c2ncccn2)ncc1-c1ccccc1. The van der Waals surface area contributed by atoms with E-state index in [1.165, 1.54) is 0 Å². The van der Waals surface area contributed by atoms with Gasteiger partial charge in [-0.15, -0.1) is 0 Å². The van der Waals surface area contributed by atoms with Gasteiger partial charge in [0.05, 0.1) is 5.69 Å². The molecule has 4 nitrogen and oxygen atoms in total. The van der Waals surface area contributed by atoms with Crippen LogP contribution < -0.4 is 0 Å². The maximum Gasteiger partial charge on any atom is 0.197 e. The molecule has 0 spiro atoms. The molecule has 0 atom stereocenters. The molecular formula is C18H18N4. The number of aromatic nitrogens is 4. The highest BCUT2D eigenvalue weighted by molar-refractivity contribution is 5.67. The summed E-state index contributed by atoms with van der Waals surface area (Å²) < 4.78 is 0. The van der Waals surface area contributed by atoms with Gasteiger partial charge < -0.3 is 0 Å². The lowest BCUT2D eigenvalue weighted by atomic mass is 9.87. The zero-order valence-electron chi connectivity index (χ0n) is 13.0. The van der Waals surface area contributed by atoms with Gasteiger partial charge in [-0.1, -0.05) is 51.1 Å². The number of rotatable bonds is 2. The Morgan fingerprint density at radius 2 is 1.45 bits per heavy atom. The van der Waals surface area contributed by atoms with Crippen molar-refractivity contribution in [2.75, 3.05) is 0 Å². The first-order chi connectivity index (χ1) is 10.6. The average Bonchev–Trinajstić information content (AvgIpc) is 2.55. The molecule has 4 heteroatoms. The molecule has 0 saturated heterocycles. The first-order valence-electron chi connectivity index (χ1n) is 7.26. The van der Waals surface area contributed by atoms with Gasteiger partial charge in [0.15, 0.2) is 11.6 Å². The Balaban J connectivity index is 2.17. The van der Waals surface area contributed by atoms with Gasteiger partial charge in [-0.2, -0.15) is 0 Å². The summed E-state index contributed by atoms with van der Waals surface area (Å²) in [5, 5.41) is 0. The van der Waals surface area contributed by atoms with E-state index in [9.17, 15) is 0 Å². The lowest BCUT2D eigenvalue weighted by molar-refractivity contribution is 0.569. The van der Waals surface area contributed by atoms with Crippen LogP contribution in [0.1, 0.15) is 26.5 Å². The van der Waals surface area contributed by atoms with Gasteiger partial charge in [-0.3, -0.25) is 0 Å².